The fourth-order valence-electron chi connectivity index (χ4n) is 1.22. The Kier molecular flexibility index (Phi) is 3.33. The van der Waals surface area contributed by atoms with E-state index in [-0.39, 0.29) is 0 Å². The van der Waals surface area contributed by atoms with Crippen LogP contribution in [0, 0.1) is 0 Å². The molecule has 15 heavy (non-hydrogen) atoms. The van der Waals surface area contributed by atoms with Crippen molar-refractivity contribution >= 4 is 33.1 Å². The van der Waals surface area contributed by atoms with Gasteiger partial charge in [0, 0.05) is 29.3 Å². The molecule has 0 unspecified atom stereocenters. The zero-order chi connectivity index (χ0) is 10.7. The third-order valence-electron chi connectivity index (χ3n) is 1.95. The first-order valence-electron chi connectivity index (χ1n) is 4.47. The minimum Gasteiger partial charge on any atom is -0.353 e. The van der Waals surface area contributed by atoms with Gasteiger partial charge in [-0.25, -0.2) is 9.97 Å². The fraction of sp³-hybridized carbons (Fsp3) is 0.200. The third kappa shape index (κ3) is 2.76. The van der Waals surface area contributed by atoms with Crippen molar-refractivity contribution in [2.45, 2.75) is 6.54 Å². The van der Waals surface area contributed by atoms with E-state index in [2.05, 4.69) is 30.8 Å². The molecule has 0 saturated carbocycles. The van der Waals surface area contributed by atoms with Crippen molar-refractivity contribution in [3.05, 3.63) is 39.4 Å². The third-order valence-corrected chi connectivity index (χ3v) is 3.21. The molecule has 0 aliphatic carbocycles. The van der Waals surface area contributed by atoms with Crippen LogP contribution in [0.15, 0.2) is 34.4 Å². The molecule has 0 aliphatic rings. The molecule has 2 aromatic heterocycles. The molecule has 0 aromatic carbocycles. The fourth-order valence-corrected chi connectivity index (χ4v) is 2.21. The molecule has 0 saturated heterocycles. The molecular formula is C10H10BrN3S. The second kappa shape index (κ2) is 4.72. The molecule has 0 atom stereocenters. The van der Waals surface area contributed by atoms with Gasteiger partial charge in [-0.05, 0) is 12.1 Å². The van der Waals surface area contributed by atoms with Crippen LogP contribution in [0.2, 0.25) is 0 Å². The summed E-state index contributed by atoms with van der Waals surface area (Å²) in [6.45, 7) is 0.793. The highest BCUT2D eigenvalue weighted by atomic mass is 79.9. The summed E-state index contributed by atoms with van der Waals surface area (Å²) < 4.78 is 1.04. The summed E-state index contributed by atoms with van der Waals surface area (Å²) in [4.78, 5) is 10.6. The van der Waals surface area contributed by atoms with E-state index in [1.165, 1.54) is 0 Å². The number of aromatic nitrogens is 2. The molecule has 2 rings (SSSR count). The lowest BCUT2D eigenvalue weighted by Crippen LogP contribution is -2.17. The maximum Gasteiger partial charge on any atom is 0.129 e. The Hall–Kier alpha value is -0.940. The average molecular weight is 284 g/mol. The molecule has 3 nitrogen and oxygen atoms in total. The van der Waals surface area contributed by atoms with Crippen molar-refractivity contribution < 1.29 is 0 Å². The number of pyridine rings is 1. The molecule has 0 aliphatic heterocycles. The Balaban J connectivity index is 2.11. The first-order valence-corrected chi connectivity index (χ1v) is 6.14. The number of hydrogen-bond donors (Lipinski definition) is 0. The molecule has 2 aromatic rings. The quantitative estimate of drug-likeness (QED) is 0.867. The van der Waals surface area contributed by atoms with Crippen LogP contribution in [-0.4, -0.2) is 17.0 Å². The summed E-state index contributed by atoms with van der Waals surface area (Å²) in [7, 11) is 2.01. The summed E-state index contributed by atoms with van der Waals surface area (Å²) in [5.74, 6) is 0.944. The van der Waals surface area contributed by atoms with Crippen LogP contribution >= 0.6 is 27.3 Å². The Morgan fingerprint density at radius 1 is 1.40 bits per heavy atom. The van der Waals surface area contributed by atoms with Crippen molar-refractivity contribution in [1.29, 1.82) is 0 Å². The number of nitrogens with zero attached hydrogens (tertiary/aromatic N) is 3. The summed E-state index contributed by atoms with van der Waals surface area (Å²) in [5, 5.41) is 3.08. The molecule has 0 fully saturated rings. The molecule has 0 spiro atoms. The Morgan fingerprint density at radius 2 is 2.27 bits per heavy atom. The van der Waals surface area contributed by atoms with E-state index in [1.807, 2.05) is 30.8 Å². The minimum absolute atomic E-state index is 0.793. The molecule has 0 radical (unpaired) electrons. The lowest BCUT2D eigenvalue weighted by molar-refractivity contribution is 0.887. The van der Waals surface area contributed by atoms with Crippen LogP contribution in [-0.2, 0) is 6.54 Å². The van der Waals surface area contributed by atoms with Crippen LogP contribution < -0.4 is 4.90 Å². The van der Waals surface area contributed by atoms with Gasteiger partial charge in [0.25, 0.3) is 0 Å². The van der Waals surface area contributed by atoms with Gasteiger partial charge >= 0.3 is 0 Å². The van der Waals surface area contributed by atoms with E-state index in [4.69, 9.17) is 0 Å². The van der Waals surface area contributed by atoms with Gasteiger partial charge in [-0.15, -0.1) is 11.3 Å². The zero-order valence-corrected chi connectivity index (χ0v) is 10.6. The smallest absolute Gasteiger partial charge is 0.129 e. The Bertz CT molecular complexity index is 430. The highest BCUT2D eigenvalue weighted by Gasteiger charge is 2.05. The van der Waals surface area contributed by atoms with Gasteiger partial charge in [-0.2, -0.15) is 0 Å². The van der Waals surface area contributed by atoms with E-state index in [0.717, 1.165) is 21.8 Å². The number of hydrogen-bond acceptors (Lipinski definition) is 4. The number of rotatable bonds is 3. The second-order valence-electron chi connectivity index (χ2n) is 3.11. The normalized spacial score (nSPS) is 10.3. The average Bonchev–Trinajstić information content (AvgIpc) is 2.70. The van der Waals surface area contributed by atoms with Crippen LogP contribution in [0.1, 0.15) is 5.01 Å². The van der Waals surface area contributed by atoms with Crippen molar-refractivity contribution in [2.24, 2.45) is 0 Å². The van der Waals surface area contributed by atoms with Gasteiger partial charge in [0.05, 0.1) is 6.54 Å². The second-order valence-corrected chi connectivity index (χ2v) is 5.01. The highest BCUT2D eigenvalue weighted by Crippen LogP contribution is 2.18. The van der Waals surface area contributed by atoms with E-state index < -0.39 is 0 Å². The van der Waals surface area contributed by atoms with Crippen LogP contribution in [0.3, 0.4) is 0 Å². The standard InChI is InChI=1S/C10H10BrN3S/c1-14(7-10-13-4-5-15-10)9-6-8(11)2-3-12-9/h2-6H,7H2,1H3. The molecule has 0 bridgehead atoms. The number of halogens is 1. The van der Waals surface area contributed by atoms with E-state index in [0.29, 0.717) is 0 Å². The Morgan fingerprint density at radius 3 is 2.93 bits per heavy atom. The van der Waals surface area contributed by atoms with E-state index >= 15 is 0 Å². The van der Waals surface area contributed by atoms with Gasteiger partial charge < -0.3 is 4.90 Å². The molecular weight excluding hydrogens is 274 g/mol. The van der Waals surface area contributed by atoms with Gasteiger partial charge in [0.2, 0.25) is 0 Å². The van der Waals surface area contributed by atoms with Gasteiger partial charge in [0.1, 0.15) is 10.8 Å². The summed E-state index contributed by atoms with van der Waals surface area (Å²) in [5.41, 5.74) is 0. The summed E-state index contributed by atoms with van der Waals surface area (Å²) in [6, 6.07) is 3.91. The highest BCUT2D eigenvalue weighted by molar-refractivity contribution is 9.10. The topological polar surface area (TPSA) is 29.0 Å². The predicted octanol–water partition coefficient (Wildman–Crippen LogP) is 2.94. The summed E-state index contributed by atoms with van der Waals surface area (Å²) in [6.07, 6.45) is 3.61. The predicted molar refractivity (Wildman–Crippen MR) is 66.2 cm³/mol. The van der Waals surface area contributed by atoms with Crippen LogP contribution in [0.4, 0.5) is 5.82 Å². The van der Waals surface area contributed by atoms with Crippen molar-refractivity contribution in [1.82, 2.24) is 9.97 Å². The van der Waals surface area contributed by atoms with E-state index in [1.54, 1.807) is 17.5 Å². The zero-order valence-electron chi connectivity index (χ0n) is 8.22. The first kappa shape index (κ1) is 10.6. The van der Waals surface area contributed by atoms with Crippen molar-refractivity contribution in [2.75, 3.05) is 11.9 Å². The SMILES string of the molecule is CN(Cc1nccs1)c1cc(Br)ccn1. The molecule has 5 heteroatoms. The molecule has 78 valence electrons. The Labute approximate surface area is 101 Å². The van der Waals surface area contributed by atoms with Crippen LogP contribution in [0.5, 0.6) is 0 Å². The van der Waals surface area contributed by atoms with E-state index in [9.17, 15) is 0 Å². The van der Waals surface area contributed by atoms with Crippen molar-refractivity contribution in [3.63, 3.8) is 0 Å². The molecule has 2 heterocycles. The summed E-state index contributed by atoms with van der Waals surface area (Å²) >= 11 is 5.09. The lowest BCUT2D eigenvalue weighted by atomic mass is 10.4. The van der Waals surface area contributed by atoms with Crippen molar-refractivity contribution in [3.8, 4) is 0 Å². The largest absolute Gasteiger partial charge is 0.353 e. The van der Waals surface area contributed by atoms with Gasteiger partial charge in [-0.1, -0.05) is 15.9 Å². The van der Waals surface area contributed by atoms with Gasteiger partial charge in [-0.3, -0.25) is 0 Å². The molecule has 0 amide bonds. The minimum atomic E-state index is 0.793. The molecule has 0 N–H and O–H groups in total. The lowest BCUT2D eigenvalue weighted by Gasteiger charge is -2.16. The number of anilines is 1. The maximum atomic E-state index is 4.29. The van der Waals surface area contributed by atoms with Gasteiger partial charge in [0.15, 0.2) is 0 Å². The number of thiazole rings is 1. The maximum absolute atomic E-state index is 4.29. The van der Waals surface area contributed by atoms with Crippen LogP contribution in [0.25, 0.3) is 0 Å². The first-order chi connectivity index (χ1) is 7.25. The monoisotopic (exact) mass is 283 g/mol.